The van der Waals surface area contributed by atoms with Crippen LogP contribution in [0.1, 0.15) is 206 Å². The molecule has 0 aromatic carbocycles. The van der Waals surface area contributed by atoms with Crippen molar-refractivity contribution >= 4 is 0 Å². The Morgan fingerprint density at radius 3 is 1.39 bits per heavy atom. The maximum atomic E-state index is 2.61. The topological polar surface area (TPSA) is 0 Å². The van der Waals surface area contributed by atoms with Gasteiger partial charge in [-0.1, -0.05) is 200 Å². The second-order valence-corrected chi connectivity index (χ2v) is 17.8. The SMILES string of the molecule is CCCCCCCCCCCCC1CC1CCCC(CC)C(C)C(C)C(C)C(C)(C)C(C)C(C)C(C)C(C)C(C)C(C)CC. The normalized spacial score (nSPS) is 24.1. The summed E-state index contributed by atoms with van der Waals surface area (Å²) in [6, 6.07) is 0. The molecule has 44 heavy (non-hydrogen) atoms. The van der Waals surface area contributed by atoms with Gasteiger partial charge < -0.3 is 0 Å². The Bertz CT molecular complexity index is 690. The minimum Gasteiger partial charge on any atom is -0.0654 e. The van der Waals surface area contributed by atoms with Crippen molar-refractivity contribution in [3.63, 3.8) is 0 Å². The van der Waals surface area contributed by atoms with Crippen LogP contribution in [0.2, 0.25) is 0 Å². The molecule has 0 bridgehead atoms. The third-order valence-corrected chi connectivity index (χ3v) is 15.2. The Morgan fingerprint density at radius 1 is 0.477 bits per heavy atom. The molecule has 0 nitrogen and oxygen atoms in total. The molecule has 12 unspecified atom stereocenters. The molecular weight excluding hydrogens is 528 g/mol. The van der Waals surface area contributed by atoms with Crippen molar-refractivity contribution in [3.8, 4) is 0 Å². The summed E-state index contributed by atoms with van der Waals surface area (Å²) in [5.74, 6) is 10.1. The highest BCUT2D eigenvalue weighted by Gasteiger charge is 2.42. The molecular formula is C44H88. The smallest absolute Gasteiger partial charge is 0.0298 e. The van der Waals surface area contributed by atoms with Crippen LogP contribution in [0.4, 0.5) is 0 Å². The van der Waals surface area contributed by atoms with Gasteiger partial charge >= 0.3 is 0 Å². The Balaban J connectivity index is 2.44. The van der Waals surface area contributed by atoms with E-state index in [4.69, 9.17) is 0 Å². The Morgan fingerprint density at radius 2 is 0.909 bits per heavy atom. The second kappa shape index (κ2) is 21.8. The summed E-state index contributed by atoms with van der Waals surface area (Å²) in [5, 5.41) is 0. The fraction of sp³-hybridized carbons (Fsp3) is 1.00. The molecule has 0 aromatic heterocycles. The predicted molar refractivity (Wildman–Crippen MR) is 202 cm³/mol. The summed E-state index contributed by atoms with van der Waals surface area (Å²) in [7, 11) is 0. The van der Waals surface area contributed by atoms with Crippen LogP contribution in [-0.2, 0) is 0 Å². The van der Waals surface area contributed by atoms with Crippen molar-refractivity contribution in [1.29, 1.82) is 0 Å². The van der Waals surface area contributed by atoms with Crippen LogP contribution in [0.3, 0.4) is 0 Å². The van der Waals surface area contributed by atoms with E-state index in [1.54, 1.807) is 6.42 Å². The fourth-order valence-corrected chi connectivity index (χ4v) is 9.35. The van der Waals surface area contributed by atoms with Gasteiger partial charge in [0.1, 0.15) is 0 Å². The van der Waals surface area contributed by atoms with Gasteiger partial charge in [0.25, 0.3) is 0 Å². The van der Waals surface area contributed by atoms with Crippen molar-refractivity contribution in [2.24, 2.45) is 76.4 Å². The van der Waals surface area contributed by atoms with Crippen molar-refractivity contribution in [2.45, 2.75) is 206 Å². The molecule has 1 aliphatic carbocycles. The average molecular weight is 617 g/mol. The average Bonchev–Trinajstić information content (AvgIpc) is 3.78. The minimum atomic E-state index is 0.356. The first kappa shape index (κ1) is 42.0. The lowest BCUT2D eigenvalue weighted by molar-refractivity contribution is 0.00728. The van der Waals surface area contributed by atoms with Gasteiger partial charge in [0.2, 0.25) is 0 Å². The molecule has 0 heterocycles. The molecule has 0 aliphatic heterocycles. The van der Waals surface area contributed by atoms with Gasteiger partial charge in [-0.05, 0) is 82.9 Å². The van der Waals surface area contributed by atoms with Crippen LogP contribution in [0, 0.1) is 76.4 Å². The lowest BCUT2D eigenvalue weighted by Gasteiger charge is -2.48. The van der Waals surface area contributed by atoms with Gasteiger partial charge in [-0.15, -0.1) is 0 Å². The van der Waals surface area contributed by atoms with E-state index < -0.39 is 0 Å². The fourth-order valence-electron chi connectivity index (χ4n) is 9.35. The summed E-state index contributed by atoms with van der Waals surface area (Å²) < 4.78 is 0. The van der Waals surface area contributed by atoms with E-state index in [9.17, 15) is 0 Å². The van der Waals surface area contributed by atoms with Crippen molar-refractivity contribution in [1.82, 2.24) is 0 Å². The largest absolute Gasteiger partial charge is 0.0654 e. The van der Waals surface area contributed by atoms with Crippen LogP contribution in [0.25, 0.3) is 0 Å². The van der Waals surface area contributed by atoms with Gasteiger partial charge in [0.05, 0.1) is 0 Å². The molecule has 0 N–H and O–H groups in total. The van der Waals surface area contributed by atoms with Crippen molar-refractivity contribution in [3.05, 3.63) is 0 Å². The molecule has 12 atom stereocenters. The first-order valence-electron chi connectivity index (χ1n) is 20.8. The molecule has 0 saturated heterocycles. The van der Waals surface area contributed by atoms with Gasteiger partial charge in [0, 0.05) is 0 Å². The van der Waals surface area contributed by atoms with E-state index in [0.29, 0.717) is 5.41 Å². The summed E-state index contributed by atoms with van der Waals surface area (Å²) in [6.45, 7) is 35.5. The van der Waals surface area contributed by atoms with Gasteiger partial charge in [-0.3, -0.25) is 0 Å². The highest BCUT2D eigenvalue weighted by Crippen LogP contribution is 2.50. The highest BCUT2D eigenvalue weighted by atomic mass is 14.5. The van der Waals surface area contributed by atoms with E-state index in [0.717, 1.165) is 71.0 Å². The lowest BCUT2D eigenvalue weighted by Crippen LogP contribution is -2.41. The summed E-state index contributed by atoms with van der Waals surface area (Å²) in [4.78, 5) is 0. The van der Waals surface area contributed by atoms with E-state index in [1.165, 1.54) is 103 Å². The molecule has 0 spiro atoms. The zero-order chi connectivity index (χ0) is 33.4. The van der Waals surface area contributed by atoms with E-state index in [1.807, 2.05) is 0 Å². The van der Waals surface area contributed by atoms with Crippen molar-refractivity contribution < 1.29 is 0 Å². The third-order valence-electron chi connectivity index (χ3n) is 15.2. The number of hydrogen-bond donors (Lipinski definition) is 0. The first-order valence-corrected chi connectivity index (χ1v) is 20.8. The van der Waals surface area contributed by atoms with Crippen LogP contribution in [0.5, 0.6) is 0 Å². The Labute approximate surface area is 281 Å². The van der Waals surface area contributed by atoms with Crippen LogP contribution < -0.4 is 0 Å². The standard InChI is InChI=1S/C44H88/c1-15-18-19-20-21-22-23-24-25-26-28-42-31-43(42)30-27-29-41(17-3)38(10)37(9)40(12)44(13,14)39(11)36(8)35(7)34(6)33(5)32(4)16-2/h32-43H,15-31H2,1-14H3. The number of unbranched alkanes of at least 4 members (excludes halogenated alkanes) is 9. The molecule has 264 valence electrons. The van der Waals surface area contributed by atoms with E-state index >= 15 is 0 Å². The monoisotopic (exact) mass is 617 g/mol. The quantitative estimate of drug-likeness (QED) is 0.0805. The number of hydrogen-bond acceptors (Lipinski definition) is 0. The summed E-state index contributed by atoms with van der Waals surface area (Å²) in [6.07, 6.45) is 24.9. The number of rotatable bonds is 27. The maximum absolute atomic E-state index is 2.61. The van der Waals surface area contributed by atoms with Gasteiger partial charge in [-0.2, -0.15) is 0 Å². The predicted octanol–water partition coefficient (Wildman–Crippen LogP) is 15.3. The van der Waals surface area contributed by atoms with E-state index in [2.05, 4.69) is 96.9 Å². The van der Waals surface area contributed by atoms with Crippen LogP contribution in [0.15, 0.2) is 0 Å². The summed E-state index contributed by atoms with van der Waals surface area (Å²) in [5.41, 5.74) is 0.356. The molecule has 1 fully saturated rings. The molecule has 1 aliphatic rings. The minimum absolute atomic E-state index is 0.356. The molecule has 1 rings (SSSR count). The molecule has 0 aromatic rings. The van der Waals surface area contributed by atoms with Gasteiger partial charge in [-0.25, -0.2) is 0 Å². The Hall–Kier alpha value is 0. The summed E-state index contributed by atoms with van der Waals surface area (Å²) >= 11 is 0. The highest BCUT2D eigenvalue weighted by molar-refractivity contribution is 4.91. The van der Waals surface area contributed by atoms with Crippen molar-refractivity contribution in [2.75, 3.05) is 0 Å². The van der Waals surface area contributed by atoms with Crippen LogP contribution in [-0.4, -0.2) is 0 Å². The molecule has 1 saturated carbocycles. The lowest BCUT2D eigenvalue weighted by atomic mass is 9.57. The molecule has 0 heteroatoms. The van der Waals surface area contributed by atoms with Crippen LogP contribution >= 0.6 is 0 Å². The Kier molecular flexibility index (Phi) is 20.8. The zero-order valence-corrected chi connectivity index (χ0v) is 33.4. The zero-order valence-electron chi connectivity index (χ0n) is 33.4. The van der Waals surface area contributed by atoms with Gasteiger partial charge in [0.15, 0.2) is 0 Å². The third kappa shape index (κ3) is 13.6. The first-order chi connectivity index (χ1) is 20.8. The second-order valence-electron chi connectivity index (χ2n) is 17.8. The molecule has 0 radical (unpaired) electrons. The van der Waals surface area contributed by atoms with E-state index in [-0.39, 0.29) is 0 Å². The molecule has 0 amide bonds. The maximum Gasteiger partial charge on any atom is -0.0298 e.